The van der Waals surface area contributed by atoms with Crippen LogP contribution in [0.15, 0.2) is 18.2 Å². The molecule has 3 nitrogen and oxygen atoms in total. The molecular weight excluding hydrogens is 265 g/mol. The third kappa shape index (κ3) is 3.90. The van der Waals surface area contributed by atoms with E-state index >= 15 is 0 Å². The monoisotopic (exact) mass is 280 g/mol. The minimum atomic E-state index is -4.47. The predicted octanol–water partition coefficient (Wildman–Crippen LogP) is 2.47. The van der Waals surface area contributed by atoms with E-state index in [1.54, 1.807) is 6.92 Å². The summed E-state index contributed by atoms with van der Waals surface area (Å²) in [5.41, 5.74) is 4.55. The highest BCUT2D eigenvalue weighted by molar-refractivity contribution is 7.84. The lowest BCUT2D eigenvalue weighted by Gasteiger charge is -2.17. The molecule has 102 valence electrons. The zero-order valence-corrected chi connectivity index (χ0v) is 10.9. The van der Waals surface area contributed by atoms with Crippen molar-refractivity contribution in [2.24, 2.45) is 0 Å². The number of nitrogen functional groups attached to an aromatic ring is 1. The van der Waals surface area contributed by atoms with E-state index in [9.17, 15) is 17.4 Å². The molecule has 18 heavy (non-hydrogen) atoms. The number of rotatable bonds is 4. The second kappa shape index (κ2) is 5.60. The lowest BCUT2D eigenvalue weighted by Crippen LogP contribution is -2.22. The number of halogens is 3. The molecule has 1 aromatic rings. The molecule has 3 N–H and O–H groups in total. The van der Waals surface area contributed by atoms with E-state index in [2.05, 4.69) is 5.32 Å². The van der Waals surface area contributed by atoms with E-state index in [1.807, 2.05) is 0 Å². The second-order valence-corrected chi connectivity index (χ2v) is 5.79. The highest BCUT2D eigenvalue weighted by atomic mass is 32.2. The van der Waals surface area contributed by atoms with Crippen molar-refractivity contribution < 1.29 is 17.4 Å². The zero-order valence-electron chi connectivity index (χ0n) is 10.0. The molecular formula is C11H15F3N2OS. The van der Waals surface area contributed by atoms with Gasteiger partial charge in [0.2, 0.25) is 0 Å². The summed E-state index contributed by atoms with van der Waals surface area (Å²) in [6.07, 6.45) is -2.95. The Morgan fingerprint density at radius 3 is 2.56 bits per heavy atom. The van der Waals surface area contributed by atoms with Crippen molar-refractivity contribution in [3.8, 4) is 0 Å². The first-order valence-electron chi connectivity index (χ1n) is 5.24. The molecule has 0 amide bonds. The first-order valence-corrected chi connectivity index (χ1v) is 6.86. The van der Waals surface area contributed by atoms with Crippen molar-refractivity contribution in [1.82, 2.24) is 0 Å². The van der Waals surface area contributed by atoms with Crippen LogP contribution in [0.1, 0.15) is 12.5 Å². The molecule has 2 atom stereocenters. The Bertz CT molecular complexity index is 448. The second-order valence-electron chi connectivity index (χ2n) is 3.99. The molecule has 2 unspecified atom stereocenters. The van der Waals surface area contributed by atoms with Crippen LogP contribution in [-0.4, -0.2) is 22.3 Å². The smallest absolute Gasteiger partial charge is 0.399 e. The molecule has 0 aromatic heterocycles. The minimum absolute atomic E-state index is 0.0472. The molecule has 0 aliphatic heterocycles. The maximum Gasteiger partial charge on any atom is 0.418 e. The fourth-order valence-corrected chi connectivity index (χ4v) is 1.64. The van der Waals surface area contributed by atoms with Crippen LogP contribution in [0.4, 0.5) is 24.5 Å². The zero-order chi connectivity index (χ0) is 13.9. The number of benzene rings is 1. The highest BCUT2D eigenvalue weighted by Gasteiger charge is 2.33. The number of hydrogen-bond donors (Lipinski definition) is 2. The van der Waals surface area contributed by atoms with E-state index in [4.69, 9.17) is 5.73 Å². The molecule has 0 saturated carbocycles. The third-order valence-electron chi connectivity index (χ3n) is 2.50. The SMILES string of the molecule is CC(CNc1ccc(N)cc1C(F)(F)F)S(C)=O. The van der Waals surface area contributed by atoms with Crippen molar-refractivity contribution in [3.05, 3.63) is 23.8 Å². The van der Waals surface area contributed by atoms with Gasteiger partial charge in [-0.3, -0.25) is 4.21 Å². The molecule has 0 aliphatic carbocycles. The average molecular weight is 280 g/mol. The topological polar surface area (TPSA) is 55.1 Å². The Morgan fingerprint density at radius 1 is 1.44 bits per heavy atom. The Hall–Kier alpha value is -1.24. The van der Waals surface area contributed by atoms with E-state index in [0.29, 0.717) is 0 Å². The summed E-state index contributed by atoms with van der Waals surface area (Å²) < 4.78 is 49.4. The Labute approximate surface area is 106 Å². The normalized spacial score (nSPS) is 15.2. The molecule has 0 aliphatic rings. The molecule has 0 saturated heterocycles. The third-order valence-corrected chi connectivity index (χ3v) is 3.80. The van der Waals surface area contributed by atoms with E-state index < -0.39 is 22.5 Å². The van der Waals surface area contributed by atoms with Crippen LogP contribution in [0.5, 0.6) is 0 Å². The first-order chi connectivity index (χ1) is 8.21. The van der Waals surface area contributed by atoms with E-state index in [1.165, 1.54) is 18.4 Å². The first kappa shape index (κ1) is 14.8. The molecule has 0 fully saturated rings. The number of nitrogens with one attached hydrogen (secondary N) is 1. The summed E-state index contributed by atoms with van der Waals surface area (Å²) >= 11 is 0. The van der Waals surface area contributed by atoms with E-state index in [-0.39, 0.29) is 23.2 Å². The molecule has 0 bridgehead atoms. The van der Waals surface area contributed by atoms with Gasteiger partial charge in [-0.05, 0) is 25.1 Å². The van der Waals surface area contributed by atoms with Gasteiger partial charge >= 0.3 is 6.18 Å². The highest BCUT2D eigenvalue weighted by Crippen LogP contribution is 2.36. The lowest BCUT2D eigenvalue weighted by atomic mass is 10.1. The van der Waals surface area contributed by atoms with Crippen LogP contribution >= 0.6 is 0 Å². The number of nitrogens with two attached hydrogens (primary N) is 1. The maximum atomic E-state index is 12.8. The fraction of sp³-hybridized carbons (Fsp3) is 0.455. The standard InChI is InChI=1S/C11H15F3N2OS/c1-7(18(2)17)6-16-10-4-3-8(15)5-9(10)11(12,13)14/h3-5,7,16H,6,15H2,1-2H3. The van der Waals surface area contributed by atoms with Crippen LogP contribution in [0.25, 0.3) is 0 Å². The van der Waals surface area contributed by atoms with Gasteiger partial charge in [0.15, 0.2) is 0 Å². The number of hydrogen-bond acceptors (Lipinski definition) is 3. The van der Waals surface area contributed by atoms with Crippen molar-refractivity contribution in [1.29, 1.82) is 0 Å². The van der Waals surface area contributed by atoms with Crippen LogP contribution in [0.2, 0.25) is 0 Å². The Balaban J connectivity index is 2.92. The van der Waals surface area contributed by atoms with Gasteiger partial charge in [-0.2, -0.15) is 13.2 Å². The summed E-state index contributed by atoms with van der Waals surface area (Å²) in [5.74, 6) is 0. The van der Waals surface area contributed by atoms with Gasteiger partial charge < -0.3 is 11.1 Å². The van der Waals surface area contributed by atoms with Gasteiger partial charge in [0.25, 0.3) is 0 Å². The van der Waals surface area contributed by atoms with Crippen LogP contribution in [-0.2, 0) is 17.0 Å². The summed E-state index contributed by atoms with van der Waals surface area (Å²) in [6, 6.07) is 3.56. The summed E-state index contributed by atoms with van der Waals surface area (Å²) in [4.78, 5) is 0. The molecule has 0 spiro atoms. The van der Waals surface area contributed by atoms with Crippen LogP contribution in [0.3, 0.4) is 0 Å². The molecule has 1 rings (SSSR count). The van der Waals surface area contributed by atoms with Gasteiger partial charge in [0.1, 0.15) is 0 Å². The predicted molar refractivity (Wildman–Crippen MR) is 67.9 cm³/mol. The van der Waals surface area contributed by atoms with Gasteiger partial charge in [-0.25, -0.2) is 0 Å². The van der Waals surface area contributed by atoms with Crippen LogP contribution in [0, 0.1) is 0 Å². The van der Waals surface area contributed by atoms with Gasteiger partial charge in [-0.15, -0.1) is 0 Å². The van der Waals surface area contributed by atoms with Crippen molar-refractivity contribution in [3.63, 3.8) is 0 Å². The maximum absolute atomic E-state index is 12.8. The summed E-state index contributed by atoms with van der Waals surface area (Å²) in [6.45, 7) is 1.91. The molecule has 7 heteroatoms. The quantitative estimate of drug-likeness (QED) is 0.833. The Kier molecular flexibility index (Phi) is 4.61. The fourth-order valence-electron chi connectivity index (χ4n) is 1.32. The minimum Gasteiger partial charge on any atom is -0.399 e. The van der Waals surface area contributed by atoms with Crippen molar-refractivity contribution in [2.75, 3.05) is 23.9 Å². The lowest BCUT2D eigenvalue weighted by molar-refractivity contribution is -0.136. The Morgan fingerprint density at radius 2 is 2.06 bits per heavy atom. The summed E-state index contributed by atoms with van der Waals surface area (Å²) in [5, 5.41) is 2.43. The van der Waals surface area contributed by atoms with Crippen LogP contribution < -0.4 is 11.1 Å². The number of anilines is 2. The molecule has 0 radical (unpaired) electrons. The van der Waals surface area contributed by atoms with E-state index in [0.717, 1.165) is 6.07 Å². The van der Waals surface area contributed by atoms with Crippen molar-refractivity contribution in [2.45, 2.75) is 18.3 Å². The largest absolute Gasteiger partial charge is 0.418 e. The van der Waals surface area contributed by atoms with Crippen molar-refractivity contribution >= 4 is 22.2 Å². The van der Waals surface area contributed by atoms with Gasteiger partial charge in [0.05, 0.1) is 5.56 Å². The average Bonchev–Trinajstić information content (AvgIpc) is 2.25. The molecule has 0 heterocycles. The summed E-state index contributed by atoms with van der Waals surface area (Å²) in [7, 11) is -1.08. The number of alkyl halides is 3. The van der Waals surface area contributed by atoms with Gasteiger partial charge in [-0.1, -0.05) is 0 Å². The van der Waals surface area contributed by atoms with Gasteiger partial charge in [0, 0.05) is 40.2 Å². The molecule has 1 aromatic carbocycles.